The second-order valence-corrected chi connectivity index (χ2v) is 5.14. The Hall–Kier alpha value is -3.03. The number of carbonyl (C=O) groups excluding carboxylic acids is 1. The van der Waals surface area contributed by atoms with Gasteiger partial charge in [0.1, 0.15) is 11.6 Å². The Morgan fingerprint density at radius 3 is 2.87 bits per heavy atom. The summed E-state index contributed by atoms with van der Waals surface area (Å²) in [6, 6.07) is 5.59. The molecule has 0 aliphatic carbocycles. The highest BCUT2D eigenvalue weighted by molar-refractivity contribution is 5.99. The highest BCUT2D eigenvalue weighted by Crippen LogP contribution is 2.22. The van der Waals surface area contributed by atoms with Gasteiger partial charge in [0.15, 0.2) is 5.82 Å². The molecule has 0 saturated carbocycles. The molecule has 3 rings (SSSR count). The first-order valence-corrected chi connectivity index (χ1v) is 7.03. The Morgan fingerprint density at radius 2 is 2.17 bits per heavy atom. The summed E-state index contributed by atoms with van der Waals surface area (Å²) >= 11 is 0. The van der Waals surface area contributed by atoms with Crippen molar-refractivity contribution in [2.24, 2.45) is 0 Å². The number of aromatic amines is 2. The number of aryl methyl sites for hydroxylation is 1. The van der Waals surface area contributed by atoms with Crippen LogP contribution in [0.2, 0.25) is 0 Å². The van der Waals surface area contributed by atoms with E-state index in [2.05, 4.69) is 30.7 Å². The number of H-pyrrole nitrogens is 2. The second kappa shape index (κ2) is 5.99. The molecule has 1 amide bonds. The van der Waals surface area contributed by atoms with Crippen LogP contribution in [0.25, 0.3) is 11.3 Å². The monoisotopic (exact) mass is 314 g/mol. The van der Waals surface area contributed by atoms with E-state index in [-0.39, 0.29) is 17.8 Å². The number of amides is 1. The summed E-state index contributed by atoms with van der Waals surface area (Å²) in [5, 5.41) is 16.2. The quantitative estimate of drug-likeness (QED) is 0.687. The molecule has 23 heavy (non-hydrogen) atoms. The molecule has 0 unspecified atom stereocenters. The van der Waals surface area contributed by atoms with Crippen molar-refractivity contribution in [2.45, 2.75) is 19.9 Å². The average Bonchev–Trinajstić information content (AvgIpc) is 3.15. The molecular weight excluding hydrogens is 299 g/mol. The Morgan fingerprint density at radius 1 is 1.35 bits per heavy atom. The average molecular weight is 314 g/mol. The Bertz CT molecular complexity index is 840. The molecule has 3 N–H and O–H groups in total. The summed E-state index contributed by atoms with van der Waals surface area (Å²) in [6.45, 7) is 3.56. The van der Waals surface area contributed by atoms with Crippen LogP contribution in [0.5, 0.6) is 0 Å². The van der Waals surface area contributed by atoms with Crippen LogP contribution < -0.4 is 5.32 Å². The summed E-state index contributed by atoms with van der Waals surface area (Å²) in [6.07, 6.45) is 1.41. The number of benzene rings is 1. The Balaban J connectivity index is 1.82. The van der Waals surface area contributed by atoms with Crippen LogP contribution in [-0.4, -0.2) is 31.3 Å². The number of nitrogens with one attached hydrogen (secondary N) is 3. The molecule has 0 aliphatic heterocycles. The van der Waals surface area contributed by atoms with Crippen molar-refractivity contribution in [1.82, 2.24) is 30.7 Å². The fourth-order valence-corrected chi connectivity index (χ4v) is 2.21. The molecule has 1 atom stereocenters. The third-order valence-corrected chi connectivity index (χ3v) is 3.35. The molecule has 1 aromatic carbocycles. The standard InChI is InChI=1S/C15H15FN6O/c1-8(14-19-9(2)20-22-14)18-15(23)12-7-17-21-13(12)10-4-3-5-11(16)6-10/h3-8H,1-2H3,(H,17,21)(H,18,23)(H,19,20,22)/t8-/m1/s1. The number of hydrogen-bond donors (Lipinski definition) is 3. The molecule has 3 aromatic rings. The molecule has 0 spiro atoms. The number of carbonyl (C=O) groups is 1. The molecule has 0 radical (unpaired) electrons. The van der Waals surface area contributed by atoms with Gasteiger partial charge >= 0.3 is 0 Å². The van der Waals surface area contributed by atoms with Crippen LogP contribution >= 0.6 is 0 Å². The van der Waals surface area contributed by atoms with E-state index < -0.39 is 0 Å². The first-order chi connectivity index (χ1) is 11.0. The van der Waals surface area contributed by atoms with E-state index in [0.717, 1.165) is 0 Å². The fourth-order valence-electron chi connectivity index (χ4n) is 2.21. The van der Waals surface area contributed by atoms with Crippen molar-refractivity contribution >= 4 is 5.91 Å². The highest BCUT2D eigenvalue weighted by Gasteiger charge is 2.19. The molecule has 0 bridgehead atoms. The topological polar surface area (TPSA) is 99.3 Å². The molecular formula is C15H15FN6O. The van der Waals surface area contributed by atoms with Crippen LogP contribution in [0.4, 0.5) is 4.39 Å². The van der Waals surface area contributed by atoms with Gasteiger partial charge in [-0.25, -0.2) is 9.37 Å². The van der Waals surface area contributed by atoms with Gasteiger partial charge in [-0.15, -0.1) is 0 Å². The van der Waals surface area contributed by atoms with E-state index >= 15 is 0 Å². The van der Waals surface area contributed by atoms with Gasteiger partial charge in [-0.3, -0.25) is 15.0 Å². The molecule has 8 heteroatoms. The number of hydrogen-bond acceptors (Lipinski definition) is 4. The van der Waals surface area contributed by atoms with Gasteiger partial charge in [-0.1, -0.05) is 12.1 Å². The molecule has 7 nitrogen and oxygen atoms in total. The van der Waals surface area contributed by atoms with Crippen molar-refractivity contribution in [3.8, 4) is 11.3 Å². The first-order valence-electron chi connectivity index (χ1n) is 7.03. The minimum absolute atomic E-state index is 0.328. The third-order valence-electron chi connectivity index (χ3n) is 3.35. The number of aromatic nitrogens is 5. The highest BCUT2D eigenvalue weighted by atomic mass is 19.1. The van der Waals surface area contributed by atoms with Gasteiger partial charge in [0, 0.05) is 5.56 Å². The number of halogens is 1. The molecule has 0 fully saturated rings. The summed E-state index contributed by atoms with van der Waals surface area (Å²) in [7, 11) is 0. The van der Waals surface area contributed by atoms with Gasteiger partial charge in [0.25, 0.3) is 5.91 Å². The third kappa shape index (κ3) is 3.10. The maximum Gasteiger partial charge on any atom is 0.255 e. The predicted molar refractivity (Wildman–Crippen MR) is 81.0 cm³/mol. The van der Waals surface area contributed by atoms with Gasteiger partial charge in [0.05, 0.1) is 23.5 Å². The van der Waals surface area contributed by atoms with Gasteiger partial charge in [-0.2, -0.15) is 10.2 Å². The zero-order valence-corrected chi connectivity index (χ0v) is 12.6. The van der Waals surface area contributed by atoms with Crippen molar-refractivity contribution in [1.29, 1.82) is 0 Å². The molecule has 2 heterocycles. The summed E-state index contributed by atoms with van der Waals surface area (Å²) in [4.78, 5) is 16.6. The zero-order chi connectivity index (χ0) is 16.4. The van der Waals surface area contributed by atoms with Crippen LogP contribution in [0.1, 0.15) is 35.0 Å². The Kier molecular flexibility index (Phi) is 3.88. The second-order valence-electron chi connectivity index (χ2n) is 5.14. The fraction of sp³-hybridized carbons (Fsp3) is 0.200. The van der Waals surface area contributed by atoms with Crippen molar-refractivity contribution in [3.05, 3.63) is 53.5 Å². The lowest BCUT2D eigenvalue weighted by atomic mass is 10.1. The largest absolute Gasteiger partial charge is 0.342 e. The molecule has 0 saturated heterocycles. The van der Waals surface area contributed by atoms with Crippen LogP contribution in [0.3, 0.4) is 0 Å². The molecule has 0 aliphatic rings. The predicted octanol–water partition coefficient (Wildman–Crippen LogP) is 2.13. The Labute approximate surface area is 131 Å². The van der Waals surface area contributed by atoms with Crippen LogP contribution in [0.15, 0.2) is 30.5 Å². The smallest absolute Gasteiger partial charge is 0.255 e. The van der Waals surface area contributed by atoms with E-state index in [1.807, 2.05) is 0 Å². The normalized spacial score (nSPS) is 12.1. The van der Waals surface area contributed by atoms with E-state index in [9.17, 15) is 9.18 Å². The minimum atomic E-state index is -0.381. The summed E-state index contributed by atoms with van der Waals surface area (Å²) in [5.41, 5.74) is 1.34. The van der Waals surface area contributed by atoms with Crippen LogP contribution in [0, 0.1) is 12.7 Å². The lowest BCUT2D eigenvalue weighted by molar-refractivity contribution is 0.0939. The van der Waals surface area contributed by atoms with E-state index in [4.69, 9.17) is 0 Å². The van der Waals surface area contributed by atoms with E-state index in [1.165, 1.54) is 18.3 Å². The minimum Gasteiger partial charge on any atom is -0.342 e. The van der Waals surface area contributed by atoms with E-state index in [0.29, 0.717) is 28.5 Å². The van der Waals surface area contributed by atoms with Gasteiger partial charge < -0.3 is 5.32 Å². The summed E-state index contributed by atoms with van der Waals surface area (Å²) < 4.78 is 13.4. The molecule has 118 valence electrons. The van der Waals surface area contributed by atoms with Crippen molar-refractivity contribution in [3.63, 3.8) is 0 Å². The number of nitrogens with zero attached hydrogens (tertiary/aromatic N) is 3. The SMILES string of the molecule is Cc1nc([C@@H](C)NC(=O)c2cn[nH]c2-c2cccc(F)c2)n[nH]1. The number of rotatable bonds is 4. The van der Waals surface area contributed by atoms with Gasteiger partial charge in [0.2, 0.25) is 0 Å². The summed E-state index contributed by atoms with van der Waals surface area (Å²) in [5.74, 6) is 0.442. The lowest BCUT2D eigenvalue weighted by Crippen LogP contribution is -2.27. The first kappa shape index (κ1) is 14.9. The van der Waals surface area contributed by atoms with Gasteiger partial charge in [-0.05, 0) is 26.0 Å². The lowest BCUT2D eigenvalue weighted by Gasteiger charge is -2.10. The maximum absolute atomic E-state index is 13.4. The zero-order valence-electron chi connectivity index (χ0n) is 12.6. The van der Waals surface area contributed by atoms with Crippen molar-refractivity contribution in [2.75, 3.05) is 0 Å². The van der Waals surface area contributed by atoms with Crippen LogP contribution in [-0.2, 0) is 0 Å². The molecule has 2 aromatic heterocycles. The van der Waals surface area contributed by atoms with E-state index in [1.54, 1.807) is 26.0 Å². The van der Waals surface area contributed by atoms with Crippen molar-refractivity contribution < 1.29 is 9.18 Å². The maximum atomic E-state index is 13.4.